The molecule has 5 rings (SSSR count). The van der Waals surface area contributed by atoms with Crippen molar-refractivity contribution in [1.29, 1.82) is 0 Å². The van der Waals surface area contributed by atoms with Gasteiger partial charge in [0, 0.05) is 50.8 Å². The monoisotopic (exact) mass is 500 g/mol. The van der Waals surface area contributed by atoms with E-state index in [-0.39, 0.29) is 22.8 Å². The van der Waals surface area contributed by atoms with Crippen molar-refractivity contribution in [3.8, 4) is 0 Å². The average molecular weight is 502 g/mol. The van der Waals surface area contributed by atoms with Gasteiger partial charge in [-0.15, -0.1) is 17.0 Å². The van der Waals surface area contributed by atoms with Crippen molar-refractivity contribution in [1.82, 2.24) is 9.88 Å². The van der Waals surface area contributed by atoms with Crippen LogP contribution in [0, 0.1) is 0 Å². The summed E-state index contributed by atoms with van der Waals surface area (Å²) in [7, 11) is 0. The minimum atomic E-state index is 0. The van der Waals surface area contributed by atoms with Crippen LogP contribution in [0.2, 0.25) is 0 Å². The number of aromatic amines is 1. The van der Waals surface area contributed by atoms with Gasteiger partial charge in [0.05, 0.1) is 0 Å². The highest BCUT2D eigenvalue weighted by Gasteiger charge is 2.28. The molecular formula is C23H22Br2N2O. The Balaban J connectivity index is 0.00000192. The Morgan fingerprint density at radius 1 is 1.14 bits per heavy atom. The number of nitrogens with one attached hydrogen (secondary N) is 1. The van der Waals surface area contributed by atoms with Gasteiger partial charge in [-0.25, -0.2) is 0 Å². The van der Waals surface area contributed by atoms with Gasteiger partial charge in [0.25, 0.3) is 0 Å². The molecular weight excluding hydrogens is 480 g/mol. The van der Waals surface area contributed by atoms with Gasteiger partial charge in [-0.05, 0) is 61.7 Å². The molecule has 1 atom stereocenters. The van der Waals surface area contributed by atoms with Crippen LogP contribution < -0.4 is 0 Å². The second-order valence-corrected chi connectivity index (χ2v) is 8.44. The summed E-state index contributed by atoms with van der Waals surface area (Å²) in [5.74, 6) is 0.0601. The molecule has 0 saturated carbocycles. The number of hydrogen-bond donors (Lipinski definition) is 1. The van der Waals surface area contributed by atoms with E-state index in [0.717, 1.165) is 33.9 Å². The van der Waals surface area contributed by atoms with Crippen molar-refractivity contribution < 1.29 is 4.79 Å². The summed E-state index contributed by atoms with van der Waals surface area (Å²) < 4.78 is 0.922. The Morgan fingerprint density at radius 3 is 2.86 bits per heavy atom. The summed E-state index contributed by atoms with van der Waals surface area (Å²) >= 11 is 3.45. The summed E-state index contributed by atoms with van der Waals surface area (Å²) in [4.78, 5) is 18.9. The van der Waals surface area contributed by atoms with Gasteiger partial charge < -0.3 is 4.98 Å². The Hall–Kier alpha value is -1.69. The molecule has 0 aliphatic carbocycles. The average Bonchev–Trinajstić information content (AvgIpc) is 3.32. The molecule has 2 aliphatic rings. The SMILES string of the molecule is Br.O=C(c1cccc(Br)c1)c1ccc2[nH]cc(C3=CCN4CCCC4C3)c2c1. The van der Waals surface area contributed by atoms with Crippen LogP contribution in [0.4, 0.5) is 0 Å². The van der Waals surface area contributed by atoms with E-state index in [1.165, 1.54) is 30.5 Å². The van der Waals surface area contributed by atoms with Crippen LogP contribution in [-0.4, -0.2) is 34.8 Å². The number of nitrogens with zero attached hydrogens (tertiary/aromatic N) is 1. The van der Waals surface area contributed by atoms with Crippen LogP contribution in [-0.2, 0) is 0 Å². The largest absolute Gasteiger partial charge is 0.361 e. The van der Waals surface area contributed by atoms with Gasteiger partial charge in [-0.1, -0.05) is 34.1 Å². The lowest BCUT2D eigenvalue weighted by Gasteiger charge is -2.29. The minimum Gasteiger partial charge on any atom is -0.361 e. The number of carbonyl (C=O) groups excluding carboxylic acids is 1. The number of hydrogen-bond acceptors (Lipinski definition) is 2. The minimum absolute atomic E-state index is 0. The molecule has 0 bridgehead atoms. The molecule has 1 N–H and O–H groups in total. The second-order valence-electron chi connectivity index (χ2n) is 7.53. The molecule has 3 nitrogen and oxygen atoms in total. The zero-order chi connectivity index (χ0) is 18.4. The van der Waals surface area contributed by atoms with Crippen molar-refractivity contribution >= 4 is 55.2 Å². The first-order valence-electron chi connectivity index (χ1n) is 9.54. The number of carbonyl (C=O) groups is 1. The maximum atomic E-state index is 12.9. The van der Waals surface area contributed by atoms with Crippen molar-refractivity contribution in [3.05, 3.63) is 75.9 Å². The molecule has 2 aliphatic heterocycles. The molecule has 0 amide bonds. The summed E-state index contributed by atoms with van der Waals surface area (Å²) in [6.07, 6.45) is 8.19. The topological polar surface area (TPSA) is 36.1 Å². The van der Waals surface area contributed by atoms with Crippen LogP contribution in [0.1, 0.15) is 40.7 Å². The first-order valence-corrected chi connectivity index (χ1v) is 10.3. The van der Waals surface area contributed by atoms with Gasteiger partial charge in [0.1, 0.15) is 0 Å². The van der Waals surface area contributed by atoms with Crippen molar-refractivity contribution in [2.45, 2.75) is 25.3 Å². The Labute approximate surface area is 183 Å². The molecule has 1 fully saturated rings. The highest BCUT2D eigenvalue weighted by atomic mass is 79.9. The van der Waals surface area contributed by atoms with E-state index in [4.69, 9.17) is 0 Å². The van der Waals surface area contributed by atoms with Crippen LogP contribution in [0.3, 0.4) is 0 Å². The van der Waals surface area contributed by atoms with E-state index in [1.807, 2.05) is 42.5 Å². The van der Waals surface area contributed by atoms with E-state index in [1.54, 1.807) is 0 Å². The molecule has 1 aromatic heterocycles. The molecule has 2 aromatic carbocycles. The third-order valence-corrected chi connectivity index (χ3v) is 6.40. The molecule has 1 unspecified atom stereocenters. The lowest BCUT2D eigenvalue weighted by Crippen LogP contribution is -2.32. The fourth-order valence-corrected chi connectivity index (χ4v) is 4.87. The van der Waals surface area contributed by atoms with Crippen LogP contribution in [0.5, 0.6) is 0 Å². The smallest absolute Gasteiger partial charge is 0.193 e. The molecule has 3 aromatic rings. The first kappa shape index (κ1) is 19.6. The number of halogens is 2. The molecule has 1 saturated heterocycles. The number of ketones is 1. The third-order valence-electron chi connectivity index (χ3n) is 5.90. The van der Waals surface area contributed by atoms with Crippen molar-refractivity contribution in [2.24, 2.45) is 0 Å². The number of fused-ring (bicyclic) bond motifs is 2. The Kier molecular flexibility index (Phi) is 5.59. The number of rotatable bonds is 3. The molecule has 0 radical (unpaired) electrons. The highest BCUT2D eigenvalue weighted by Crippen LogP contribution is 2.35. The number of H-pyrrole nitrogens is 1. The van der Waals surface area contributed by atoms with Crippen LogP contribution >= 0.6 is 32.9 Å². The number of benzene rings is 2. The van der Waals surface area contributed by atoms with Crippen LogP contribution in [0.15, 0.2) is 59.2 Å². The summed E-state index contributed by atoms with van der Waals surface area (Å²) in [5.41, 5.74) is 5.20. The van der Waals surface area contributed by atoms with E-state index in [2.05, 4.69) is 38.1 Å². The van der Waals surface area contributed by atoms with Gasteiger partial charge >= 0.3 is 0 Å². The normalized spacial score (nSPS) is 19.2. The first-order chi connectivity index (χ1) is 13.2. The van der Waals surface area contributed by atoms with Crippen molar-refractivity contribution in [3.63, 3.8) is 0 Å². The maximum Gasteiger partial charge on any atom is 0.193 e. The summed E-state index contributed by atoms with van der Waals surface area (Å²) in [6, 6.07) is 14.3. The van der Waals surface area contributed by atoms with E-state index in [9.17, 15) is 4.79 Å². The fourth-order valence-electron chi connectivity index (χ4n) is 4.48. The Bertz CT molecular complexity index is 1070. The van der Waals surface area contributed by atoms with Gasteiger partial charge in [0.15, 0.2) is 5.78 Å². The van der Waals surface area contributed by atoms with Gasteiger partial charge in [-0.2, -0.15) is 0 Å². The molecule has 3 heterocycles. The van der Waals surface area contributed by atoms with E-state index < -0.39 is 0 Å². The van der Waals surface area contributed by atoms with Crippen molar-refractivity contribution in [2.75, 3.05) is 13.1 Å². The quantitative estimate of drug-likeness (QED) is 0.447. The zero-order valence-electron chi connectivity index (χ0n) is 15.5. The lowest BCUT2D eigenvalue weighted by molar-refractivity contribution is 0.103. The molecule has 0 spiro atoms. The zero-order valence-corrected chi connectivity index (χ0v) is 18.7. The third kappa shape index (κ3) is 3.51. The molecule has 5 heteroatoms. The number of aromatic nitrogens is 1. The van der Waals surface area contributed by atoms with E-state index in [0.29, 0.717) is 11.6 Å². The van der Waals surface area contributed by atoms with Gasteiger partial charge in [-0.3, -0.25) is 9.69 Å². The highest BCUT2D eigenvalue weighted by molar-refractivity contribution is 9.10. The predicted octanol–water partition coefficient (Wildman–Crippen LogP) is 5.99. The molecule has 28 heavy (non-hydrogen) atoms. The summed E-state index contributed by atoms with van der Waals surface area (Å²) in [5, 5.41) is 1.15. The van der Waals surface area contributed by atoms with Gasteiger partial charge in [0.2, 0.25) is 0 Å². The maximum absolute atomic E-state index is 12.9. The van der Waals surface area contributed by atoms with E-state index >= 15 is 0 Å². The van der Waals surface area contributed by atoms with Crippen LogP contribution in [0.25, 0.3) is 16.5 Å². The predicted molar refractivity (Wildman–Crippen MR) is 123 cm³/mol. The summed E-state index contributed by atoms with van der Waals surface area (Å²) in [6.45, 7) is 2.27. The Morgan fingerprint density at radius 2 is 2.00 bits per heavy atom. The standard InChI is InChI=1S/C23H21BrN2O.BrH/c24-18-4-1-3-16(11-18)23(27)17-6-7-22-20(13-17)21(14-25-22)15-8-10-26-9-2-5-19(26)12-15;/h1,3-4,6-8,11,13-14,19,25H,2,5,9-10,12H2;1H. The molecule has 144 valence electrons. The second kappa shape index (κ2) is 7.97. The fraction of sp³-hybridized carbons (Fsp3) is 0.261. The lowest BCUT2D eigenvalue weighted by atomic mass is 9.93.